The van der Waals surface area contributed by atoms with Gasteiger partial charge >= 0.3 is 12.0 Å². The zero-order valence-corrected chi connectivity index (χ0v) is 13.0. The molecule has 0 atom stereocenters. The molecule has 2 aromatic rings. The molecule has 0 unspecified atom stereocenters. The van der Waals surface area contributed by atoms with Crippen LogP contribution >= 0.6 is 0 Å². The van der Waals surface area contributed by atoms with E-state index in [4.69, 9.17) is 13.9 Å². The Bertz CT molecular complexity index is 663. The maximum absolute atomic E-state index is 11.8. The smallest absolute Gasteiger partial charge is 0.360 e. The summed E-state index contributed by atoms with van der Waals surface area (Å²) >= 11 is 0. The Morgan fingerprint density at radius 2 is 1.96 bits per heavy atom. The molecule has 0 radical (unpaired) electrons. The number of aromatic nitrogens is 1. The fourth-order valence-corrected chi connectivity index (χ4v) is 1.76. The minimum Gasteiger partial charge on any atom is -0.484 e. The number of rotatable bonds is 7. The van der Waals surface area contributed by atoms with Gasteiger partial charge in [-0.15, -0.1) is 0 Å². The first-order chi connectivity index (χ1) is 11.1. The average Bonchev–Trinajstić information content (AvgIpc) is 3.02. The molecular formula is C16H18N2O5. The highest BCUT2D eigenvalue weighted by Gasteiger charge is 2.14. The number of carbonyl (C=O) groups excluding carboxylic acids is 2. The van der Waals surface area contributed by atoms with Gasteiger partial charge in [-0.2, -0.15) is 4.98 Å². The van der Waals surface area contributed by atoms with Crippen molar-refractivity contribution >= 4 is 17.9 Å². The quantitative estimate of drug-likeness (QED) is 0.788. The van der Waals surface area contributed by atoms with Crippen LogP contribution in [-0.2, 0) is 16.0 Å². The number of hydrogen-bond acceptors (Lipinski definition) is 6. The Balaban J connectivity index is 1.83. The van der Waals surface area contributed by atoms with E-state index in [-0.39, 0.29) is 24.9 Å². The number of anilines is 1. The lowest BCUT2D eigenvalue weighted by molar-refractivity contribution is -0.118. The van der Waals surface area contributed by atoms with Crippen molar-refractivity contribution in [1.29, 1.82) is 0 Å². The Morgan fingerprint density at radius 3 is 2.61 bits per heavy atom. The van der Waals surface area contributed by atoms with Crippen LogP contribution in [0.1, 0.15) is 29.9 Å². The zero-order valence-electron chi connectivity index (χ0n) is 13.0. The molecule has 7 heteroatoms. The number of amides is 1. The van der Waals surface area contributed by atoms with Gasteiger partial charge in [0.1, 0.15) is 12.0 Å². The van der Waals surface area contributed by atoms with Crippen molar-refractivity contribution in [2.24, 2.45) is 0 Å². The van der Waals surface area contributed by atoms with Crippen molar-refractivity contribution in [2.45, 2.75) is 20.3 Å². The van der Waals surface area contributed by atoms with Crippen LogP contribution in [0.2, 0.25) is 0 Å². The monoisotopic (exact) mass is 318 g/mol. The number of carbonyl (C=O) groups is 2. The van der Waals surface area contributed by atoms with Crippen molar-refractivity contribution in [3.63, 3.8) is 0 Å². The molecule has 0 bridgehead atoms. The van der Waals surface area contributed by atoms with Crippen molar-refractivity contribution in [3.8, 4) is 5.75 Å². The zero-order chi connectivity index (χ0) is 16.7. The SMILES string of the molecule is CCOC(=O)c1coc(NC(=O)COc2ccc(CC)cc2)n1. The molecular weight excluding hydrogens is 300 g/mol. The van der Waals surface area contributed by atoms with Crippen LogP contribution in [0.25, 0.3) is 0 Å². The Kier molecular flexibility index (Phi) is 5.74. The second-order valence-corrected chi connectivity index (χ2v) is 4.59. The third kappa shape index (κ3) is 4.84. The lowest BCUT2D eigenvalue weighted by atomic mass is 10.2. The van der Waals surface area contributed by atoms with Crippen LogP contribution in [0.3, 0.4) is 0 Å². The number of oxazole rings is 1. The summed E-state index contributed by atoms with van der Waals surface area (Å²) in [5.41, 5.74) is 1.19. The summed E-state index contributed by atoms with van der Waals surface area (Å²) in [6, 6.07) is 7.40. The summed E-state index contributed by atoms with van der Waals surface area (Å²) in [6.45, 7) is 3.79. The van der Waals surface area contributed by atoms with Crippen molar-refractivity contribution in [2.75, 3.05) is 18.5 Å². The van der Waals surface area contributed by atoms with E-state index in [2.05, 4.69) is 17.2 Å². The molecule has 0 saturated carbocycles. The third-order valence-electron chi connectivity index (χ3n) is 2.94. The standard InChI is InChI=1S/C16H18N2O5/c1-3-11-5-7-12(8-6-11)22-10-14(19)18-16-17-13(9-23-16)15(20)21-4-2/h5-9H,3-4,10H2,1-2H3,(H,17,18,19). The second kappa shape index (κ2) is 7.98. The summed E-state index contributed by atoms with van der Waals surface area (Å²) < 4.78 is 15.1. The number of esters is 1. The second-order valence-electron chi connectivity index (χ2n) is 4.59. The van der Waals surface area contributed by atoms with Crippen LogP contribution < -0.4 is 10.1 Å². The van der Waals surface area contributed by atoms with Gasteiger partial charge in [-0.3, -0.25) is 10.1 Å². The van der Waals surface area contributed by atoms with Gasteiger partial charge in [-0.1, -0.05) is 19.1 Å². The molecule has 1 heterocycles. The summed E-state index contributed by atoms with van der Waals surface area (Å²) in [7, 11) is 0. The molecule has 0 fully saturated rings. The summed E-state index contributed by atoms with van der Waals surface area (Å²) in [5, 5.41) is 2.40. The van der Waals surface area contributed by atoms with Gasteiger partial charge in [-0.05, 0) is 31.0 Å². The number of ether oxygens (including phenoxy) is 2. The Morgan fingerprint density at radius 1 is 1.22 bits per heavy atom. The maximum Gasteiger partial charge on any atom is 0.360 e. The van der Waals surface area contributed by atoms with E-state index >= 15 is 0 Å². The molecule has 1 aromatic carbocycles. The largest absolute Gasteiger partial charge is 0.484 e. The van der Waals surface area contributed by atoms with E-state index in [1.807, 2.05) is 12.1 Å². The molecule has 2 rings (SSSR count). The number of nitrogens with one attached hydrogen (secondary N) is 1. The van der Waals surface area contributed by atoms with E-state index in [1.165, 1.54) is 5.56 Å². The topological polar surface area (TPSA) is 90.7 Å². The van der Waals surface area contributed by atoms with E-state index in [9.17, 15) is 9.59 Å². The third-order valence-corrected chi connectivity index (χ3v) is 2.94. The molecule has 0 saturated heterocycles. The predicted octanol–water partition coefficient (Wildman–Crippen LogP) is 2.43. The number of nitrogens with zero attached hydrogens (tertiary/aromatic N) is 1. The minimum atomic E-state index is -0.607. The predicted molar refractivity (Wildman–Crippen MR) is 82.4 cm³/mol. The van der Waals surface area contributed by atoms with Crippen LogP contribution in [0.15, 0.2) is 34.9 Å². The molecule has 1 aromatic heterocycles. The normalized spacial score (nSPS) is 10.2. The van der Waals surface area contributed by atoms with Gasteiger partial charge in [0.15, 0.2) is 12.3 Å². The fourth-order valence-electron chi connectivity index (χ4n) is 1.76. The number of hydrogen-bond donors (Lipinski definition) is 1. The van der Waals surface area contributed by atoms with Crippen LogP contribution in [0, 0.1) is 0 Å². The van der Waals surface area contributed by atoms with Crippen LogP contribution in [0.4, 0.5) is 6.01 Å². The van der Waals surface area contributed by atoms with Gasteiger partial charge in [0.25, 0.3) is 5.91 Å². The molecule has 1 N–H and O–H groups in total. The summed E-state index contributed by atoms with van der Waals surface area (Å²) in [4.78, 5) is 27.0. The highest BCUT2D eigenvalue weighted by atomic mass is 16.5. The van der Waals surface area contributed by atoms with Gasteiger partial charge in [0, 0.05) is 0 Å². The highest BCUT2D eigenvalue weighted by molar-refractivity contribution is 5.91. The minimum absolute atomic E-state index is 0.00165. The van der Waals surface area contributed by atoms with E-state index in [0.29, 0.717) is 5.75 Å². The molecule has 0 aliphatic carbocycles. The molecule has 1 amide bonds. The molecule has 23 heavy (non-hydrogen) atoms. The van der Waals surface area contributed by atoms with Crippen molar-refractivity contribution in [1.82, 2.24) is 4.98 Å². The van der Waals surface area contributed by atoms with Gasteiger partial charge in [0.2, 0.25) is 0 Å². The average molecular weight is 318 g/mol. The molecule has 0 aliphatic heterocycles. The Hall–Kier alpha value is -2.83. The van der Waals surface area contributed by atoms with E-state index < -0.39 is 11.9 Å². The van der Waals surface area contributed by atoms with Gasteiger partial charge in [-0.25, -0.2) is 4.79 Å². The first kappa shape index (κ1) is 16.5. The first-order valence-electron chi connectivity index (χ1n) is 7.26. The first-order valence-corrected chi connectivity index (χ1v) is 7.26. The van der Waals surface area contributed by atoms with Crippen LogP contribution in [-0.4, -0.2) is 30.1 Å². The fraction of sp³-hybridized carbons (Fsp3) is 0.312. The lowest BCUT2D eigenvalue weighted by Crippen LogP contribution is -2.20. The van der Waals surface area contributed by atoms with Gasteiger partial charge in [0.05, 0.1) is 6.61 Å². The molecule has 7 nitrogen and oxygen atoms in total. The molecule has 122 valence electrons. The number of aryl methyl sites for hydroxylation is 1. The molecule has 0 spiro atoms. The highest BCUT2D eigenvalue weighted by Crippen LogP contribution is 2.13. The van der Waals surface area contributed by atoms with E-state index in [0.717, 1.165) is 12.7 Å². The van der Waals surface area contributed by atoms with Crippen LogP contribution in [0.5, 0.6) is 5.75 Å². The van der Waals surface area contributed by atoms with Gasteiger partial charge < -0.3 is 13.9 Å². The van der Waals surface area contributed by atoms with E-state index in [1.54, 1.807) is 19.1 Å². The molecule has 0 aliphatic rings. The maximum atomic E-state index is 11.8. The van der Waals surface area contributed by atoms with Crippen molar-refractivity contribution in [3.05, 3.63) is 41.8 Å². The number of benzene rings is 1. The summed E-state index contributed by atoms with van der Waals surface area (Å²) in [6.07, 6.45) is 2.06. The summed E-state index contributed by atoms with van der Waals surface area (Å²) in [5.74, 6) is -0.456. The Labute approximate surface area is 133 Å². The van der Waals surface area contributed by atoms with Crippen molar-refractivity contribution < 1.29 is 23.5 Å². The lowest BCUT2D eigenvalue weighted by Gasteiger charge is -2.06.